The number of anilines is 2. The van der Waals surface area contributed by atoms with E-state index in [1.165, 1.54) is 19.9 Å². The van der Waals surface area contributed by atoms with Crippen LogP contribution in [0.1, 0.15) is 13.8 Å². The number of benzene rings is 3. The maximum Gasteiger partial charge on any atom is 0.242 e. The normalized spacial score (nSPS) is 12.3. The number of carbonyl (C=O) groups excluding carboxylic acids is 2. The fraction of sp³-hybridized carbons (Fsp3) is 0.143. The van der Waals surface area contributed by atoms with E-state index in [1.807, 2.05) is 24.3 Å². The van der Waals surface area contributed by atoms with Gasteiger partial charge in [0.15, 0.2) is 0 Å². The van der Waals surface area contributed by atoms with Crippen molar-refractivity contribution in [3.63, 3.8) is 0 Å². The lowest BCUT2D eigenvalue weighted by Crippen LogP contribution is -2.41. The lowest BCUT2D eigenvalue weighted by molar-refractivity contribution is -0.117. The molecule has 0 aromatic heterocycles. The van der Waals surface area contributed by atoms with Crippen LogP contribution in [-0.2, 0) is 19.6 Å². The third-order valence-corrected chi connectivity index (χ3v) is 5.77. The number of sulfonamides is 1. The van der Waals surface area contributed by atoms with Gasteiger partial charge in [0, 0.05) is 18.3 Å². The zero-order valence-electron chi connectivity index (χ0n) is 16.0. The Kier molecular flexibility index (Phi) is 5.95. The molecule has 3 N–H and O–H groups in total. The minimum absolute atomic E-state index is 0.0931. The summed E-state index contributed by atoms with van der Waals surface area (Å²) in [6.45, 7) is 2.87. The van der Waals surface area contributed by atoms with Crippen LogP contribution in [0.2, 0.25) is 0 Å². The molecule has 2 amide bonds. The summed E-state index contributed by atoms with van der Waals surface area (Å²) in [7, 11) is -3.87. The van der Waals surface area contributed by atoms with Crippen molar-refractivity contribution < 1.29 is 18.0 Å². The molecular weight excluding hydrogens is 390 g/mol. The number of rotatable bonds is 6. The van der Waals surface area contributed by atoms with Gasteiger partial charge >= 0.3 is 0 Å². The zero-order valence-corrected chi connectivity index (χ0v) is 16.8. The van der Waals surface area contributed by atoms with Crippen molar-refractivity contribution in [3.05, 3.63) is 66.7 Å². The van der Waals surface area contributed by atoms with Gasteiger partial charge in [-0.15, -0.1) is 0 Å². The topological polar surface area (TPSA) is 104 Å². The van der Waals surface area contributed by atoms with E-state index >= 15 is 0 Å². The average Bonchev–Trinajstić information content (AvgIpc) is 2.68. The largest absolute Gasteiger partial charge is 0.326 e. The molecule has 0 saturated heterocycles. The Morgan fingerprint density at radius 1 is 0.828 bits per heavy atom. The maximum absolute atomic E-state index is 12.7. The number of hydrogen-bond donors (Lipinski definition) is 3. The summed E-state index contributed by atoms with van der Waals surface area (Å²) >= 11 is 0. The summed E-state index contributed by atoms with van der Waals surface area (Å²) < 4.78 is 27.7. The van der Waals surface area contributed by atoms with Crippen LogP contribution in [0.25, 0.3) is 10.8 Å². The Morgan fingerprint density at radius 2 is 1.41 bits per heavy atom. The van der Waals surface area contributed by atoms with Crippen LogP contribution in [0, 0.1) is 0 Å². The van der Waals surface area contributed by atoms with Crippen LogP contribution < -0.4 is 15.4 Å². The Labute approximate surface area is 169 Å². The van der Waals surface area contributed by atoms with Gasteiger partial charge in [-0.25, -0.2) is 8.42 Å². The average molecular weight is 411 g/mol. The molecule has 29 heavy (non-hydrogen) atoms. The highest BCUT2D eigenvalue weighted by Gasteiger charge is 2.22. The van der Waals surface area contributed by atoms with E-state index in [4.69, 9.17) is 0 Å². The van der Waals surface area contributed by atoms with Gasteiger partial charge in [0.1, 0.15) is 0 Å². The molecule has 150 valence electrons. The van der Waals surface area contributed by atoms with E-state index in [-0.39, 0.29) is 10.8 Å². The highest BCUT2D eigenvalue weighted by Crippen LogP contribution is 2.19. The van der Waals surface area contributed by atoms with E-state index in [2.05, 4.69) is 15.4 Å². The van der Waals surface area contributed by atoms with Crippen molar-refractivity contribution in [2.75, 3.05) is 10.6 Å². The summed E-state index contributed by atoms with van der Waals surface area (Å²) in [5, 5.41) is 7.00. The maximum atomic E-state index is 12.7. The van der Waals surface area contributed by atoms with Gasteiger partial charge in [-0.3, -0.25) is 9.59 Å². The van der Waals surface area contributed by atoms with E-state index in [9.17, 15) is 18.0 Å². The van der Waals surface area contributed by atoms with E-state index in [1.54, 1.807) is 36.4 Å². The predicted molar refractivity (Wildman–Crippen MR) is 113 cm³/mol. The van der Waals surface area contributed by atoms with Crippen molar-refractivity contribution in [3.8, 4) is 0 Å². The van der Waals surface area contributed by atoms with Crippen molar-refractivity contribution >= 4 is 44.0 Å². The van der Waals surface area contributed by atoms with Crippen LogP contribution in [0.15, 0.2) is 71.6 Å². The van der Waals surface area contributed by atoms with E-state index in [0.717, 1.165) is 10.8 Å². The number of amides is 2. The first-order valence-electron chi connectivity index (χ1n) is 8.94. The molecule has 0 saturated carbocycles. The lowest BCUT2D eigenvalue weighted by Gasteiger charge is -2.15. The van der Waals surface area contributed by atoms with Gasteiger partial charge < -0.3 is 10.6 Å². The third-order valence-electron chi connectivity index (χ3n) is 4.23. The molecule has 3 aromatic carbocycles. The summed E-state index contributed by atoms with van der Waals surface area (Å²) in [6, 6.07) is 17.8. The molecule has 0 unspecified atom stereocenters. The zero-order chi connectivity index (χ0) is 21.0. The van der Waals surface area contributed by atoms with E-state index in [0.29, 0.717) is 11.4 Å². The van der Waals surface area contributed by atoms with E-state index < -0.39 is 22.0 Å². The number of nitrogens with one attached hydrogen (secondary N) is 3. The highest BCUT2D eigenvalue weighted by atomic mass is 32.2. The van der Waals surface area contributed by atoms with Crippen molar-refractivity contribution in [1.82, 2.24) is 4.72 Å². The molecular formula is C21H21N3O4S. The number of hydrogen-bond acceptors (Lipinski definition) is 4. The van der Waals surface area contributed by atoms with Gasteiger partial charge in [0.2, 0.25) is 21.8 Å². The van der Waals surface area contributed by atoms with Crippen molar-refractivity contribution in [2.24, 2.45) is 0 Å². The molecule has 0 radical (unpaired) electrons. The summed E-state index contributed by atoms with van der Waals surface area (Å²) in [5.74, 6) is -0.694. The summed E-state index contributed by atoms with van der Waals surface area (Å²) in [5.41, 5.74) is 1.08. The van der Waals surface area contributed by atoms with Gasteiger partial charge in [0.05, 0.1) is 10.9 Å². The minimum atomic E-state index is -3.87. The molecule has 3 aromatic rings. The Balaban J connectivity index is 1.68. The van der Waals surface area contributed by atoms with Gasteiger partial charge in [0.25, 0.3) is 0 Å². The quantitative estimate of drug-likeness (QED) is 0.580. The fourth-order valence-corrected chi connectivity index (χ4v) is 4.02. The Hall–Kier alpha value is -3.23. The fourth-order valence-electron chi connectivity index (χ4n) is 2.78. The summed E-state index contributed by atoms with van der Waals surface area (Å²) in [6.07, 6.45) is 0. The molecule has 3 rings (SSSR count). The molecule has 0 aliphatic rings. The Bertz CT molecular complexity index is 1160. The lowest BCUT2D eigenvalue weighted by atomic mass is 10.1. The van der Waals surface area contributed by atoms with Crippen LogP contribution in [0.4, 0.5) is 11.4 Å². The van der Waals surface area contributed by atoms with Crippen LogP contribution >= 0.6 is 0 Å². The second-order valence-corrected chi connectivity index (χ2v) is 8.31. The first-order chi connectivity index (χ1) is 13.7. The van der Waals surface area contributed by atoms with Crippen molar-refractivity contribution in [1.29, 1.82) is 0 Å². The molecule has 0 bridgehead atoms. The SMILES string of the molecule is CC(=O)Nc1ccc(NC(=O)[C@@H](C)NS(=O)(=O)c2ccc3ccccc3c2)cc1. The van der Waals surface area contributed by atoms with Crippen LogP contribution in [-0.4, -0.2) is 26.3 Å². The first kappa shape index (κ1) is 20.5. The highest BCUT2D eigenvalue weighted by molar-refractivity contribution is 7.89. The number of carbonyl (C=O) groups is 2. The second kappa shape index (κ2) is 8.42. The minimum Gasteiger partial charge on any atom is -0.326 e. The molecule has 0 aliphatic heterocycles. The standard InChI is InChI=1S/C21H21N3O4S/c1-14(21(26)23-19-10-8-18(9-11-19)22-15(2)25)24-29(27,28)20-12-7-16-5-3-4-6-17(16)13-20/h3-14,24H,1-2H3,(H,22,25)(H,23,26)/t14-/m1/s1. The molecule has 1 atom stereocenters. The Morgan fingerprint density at radius 3 is 2.03 bits per heavy atom. The van der Waals surface area contributed by atoms with Crippen LogP contribution in [0.3, 0.4) is 0 Å². The monoisotopic (exact) mass is 411 g/mol. The summed E-state index contributed by atoms with van der Waals surface area (Å²) in [4.78, 5) is 23.5. The van der Waals surface area contributed by atoms with Crippen LogP contribution in [0.5, 0.6) is 0 Å². The van der Waals surface area contributed by atoms with Gasteiger partial charge in [-0.1, -0.05) is 30.3 Å². The van der Waals surface area contributed by atoms with Crippen molar-refractivity contribution in [2.45, 2.75) is 24.8 Å². The molecule has 0 heterocycles. The molecule has 0 spiro atoms. The predicted octanol–water partition coefficient (Wildman–Crippen LogP) is 3.10. The smallest absolute Gasteiger partial charge is 0.242 e. The molecule has 7 nitrogen and oxygen atoms in total. The molecule has 0 aliphatic carbocycles. The number of fused-ring (bicyclic) bond motifs is 1. The first-order valence-corrected chi connectivity index (χ1v) is 10.4. The second-order valence-electron chi connectivity index (χ2n) is 6.60. The molecule has 8 heteroatoms. The molecule has 0 fully saturated rings. The van der Waals surface area contributed by atoms with Gasteiger partial charge in [-0.2, -0.15) is 4.72 Å². The third kappa shape index (κ3) is 5.18. The van der Waals surface area contributed by atoms with Gasteiger partial charge in [-0.05, 0) is 54.1 Å².